The maximum absolute atomic E-state index is 6.26. The number of fused-ring (bicyclic) bond motifs is 1. The first-order chi connectivity index (χ1) is 10.3. The minimum Gasteiger partial charge on any atom is -0.329 e. The molecule has 1 heterocycles. The van der Waals surface area contributed by atoms with Crippen LogP contribution in [0.5, 0.6) is 0 Å². The summed E-state index contributed by atoms with van der Waals surface area (Å²) in [5.74, 6) is 0.913. The Morgan fingerprint density at radius 2 is 2.19 bits per heavy atom. The van der Waals surface area contributed by atoms with Gasteiger partial charge in [-0.1, -0.05) is 36.9 Å². The van der Waals surface area contributed by atoms with Gasteiger partial charge < -0.3 is 11.1 Å². The van der Waals surface area contributed by atoms with E-state index < -0.39 is 0 Å². The molecule has 3 nitrogen and oxygen atoms in total. The molecule has 1 aliphatic rings. The van der Waals surface area contributed by atoms with Crippen molar-refractivity contribution in [2.24, 2.45) is 11.7 Å². The van der Waals surface area contributed by atoms with E-state index in [9.17, 15) is 0 Å². The van der Waals surface area contributed by atoms with E-state index in [0.29, 0.717) is 6.54 Å². The zero-order chi connectivity index (χ0) is 14.7. The Labute approximate surface area is 130 Å². The summed E-state index contributed by atoms with van der Waals surface area (Å²) in [4.78, 5) is 4.50. The number of hydrogen-bond donors (Lipinski definition) is 2. The van der Waals surface area contributed by atoms with Crippen molar-refractivity contribution in [1.82, 2.24) is 10.3 Å². The SMILES string of the molecule is NCC(NCCC1CCC1)c1ccc(Cl)c2cccnc12. The van der Waals surface area contributed by atoms with E-state index in [1.807, 2.05) is 30.5 Å². The molecule has 1 aromatic heterocycles. The van der Waals surface area contributed by atoms with Crippen molar-refractivity contribution < 1.29 is 0 Å². The highest BCUT2D eigenvalue weighted by atomic mass is 35.5. The molecule has 1 saturated carbocycles. The van der Waals surface area contributed by atoms with Crippen LogP contribution in [0.1, 0.15) is 37.3 Å². The summed E-state index contributed by atoms with van der Waals surface area (Å²) in [6.07, 6.45) is 7.23. The van der Waals surface area contributed by atoms with E-state index in [4.69, 9.17) is 17.3 Å². The Morgan fingerprint density at radius 1 is 1.33 bits per heavy atom. The second-order valence-electron chi connectivity index (χ2n) is 5.86. The van der Waals surface area contributed by atoms with Gasteiger partial charge in [0.15, 0.2) is 0 Å². The van der Waals surface area contributed by atoms with Crippen molar-refractivity contribution in [2.45, 2.75) is 31.7 Å². The lowest BCUT2D eigenvalue weighted by Gasteiger charge is -2.26. The lowest BCUT2D eigenvalue weighted by atomic mass is 9.83. The van der Waals surface area contributed by atoms with Crippen LogP contribution in [0, 0.1) is 5.92 Å². The fraction of sp³-hybridized carbons (Fsp3) is 0.471. The van der Waals surface area contributed by atoms with E-state index in [1.54, 1.807) is 0 Å². The first-order valence-corrected chi connectivity index (χ1v) is 8.14. The number of nitrogens with two attached hydrogens (primary N) is 1. The fourth-order valence-corrected chi connectivity index (χ4v) is 3.22. The average Bonchev–Trinajstić information content (AvgIpc) is 2.47. The molecule has 1 unspecified atom stereocenters. The molecule has 1 aliphatic carbocycles. The molecule has 0 saturated heterocycles. The Morgan fingerprint density at radius 3 is 2.90 bits per heavy atom. The molecule has 21 heavy (non-hydrogen) atoms. The van der Waals surface area contributed by atoms with Crippen LogP contribution < -0.4 is 11.1 Å². The lowest BCUT2D eigenvalue weighted by molar-refractivity contribution is 0.288. The summed E-state index contributed by atoms with van der Waals surface area (Å²) in [6.45, 7) is 1.58. The summed E-state index contributed by atoms with van der Waals surface area (Å²) in [5.41, 5.74) is 8.07. The van der Waals surface area contributed by atoms with Crippen molar-refractivity contribution >= 4 is 22.5 Å². The van der Waals surface area contributed by atoms with Crippen LogP contribution in [0.3, 0.4) is 0 Å². The smallest absolute Gasteiger partial charge is 0.0765 e. The second kappa shape index (κ2) is 6.73. The predicted molar refractivity (Wildman–Crippen MR) is 88.5 cm³/mol. The van der Waals surface area contributed by atoms with Gasteiger partial charge in [-0.2, -0.15) is 0 Å². The molecule has 1 aromatic carbocycles. The van der Waals surface area contributed by atoms with Crippen LogP contribution in [-0.2, 0) is 0 Å². The summed E-state index contributed by atoms with van der Waals surface area (Å²) < 4.78 is 0. The van der Waals surface area contributed by atoms with Crippen molar-refractivity contribution in [1.29, 1.82) is 0 Å². The second-order valence-corrected chi connectivity index (χ2v) is 6.27. The number of pyridine rings is 1. The molecule has 0 aliphatic heterocycles. The quantitative estimate of drug-likeness (QED) is 0.856. The van der Waals surface area contributed by atoms with E-state index in [1.165, 1.54) is 25.7 Å². The highest BCUT2D eigenvalue weighted by molar-refractivity contribution is 6.35. The zero-order valence-electron chi connectivity index (χ0n) is 12.2. The highest BCUT2D eigenvalue weighted by Gasteiger charge is 2.18. The number of rotatable bonds is 6. The summed E-state index contributed by atoms with van der Waals surface area (Å²) in [7, 11) is 0. The zero-order valence-corrected chi connectivity index (χ0v) is 12.9. The molecule has 0 bridgehead atoms. The maximum Gasteiger partial charge on any atom is 0.0765 e. The van der Waals surface area contributed by atoms with Crippen molar-refractivity contribution in [3.8, 4) is 0 Å². The largest absolute Gasteiger partial charge is 0.329 e. The molecular formula is C17H22ClN3. The van der Waals surface area contributed by atoms with Crippen LogP contribution in [0.25, 0.3) is 10.9 Å². The molecule has 4 heteroatoms. The molecule has 0 spiro atoms. The number of benzene rings is 1. The Balaban J connectivity index is 1.77. The van der Waals surface area contributed by atoms with Gasteiger partial charge in [-0.25, -0.2) is 0 Å². The molecule has 0 amide bonds. The predicted octanol–water partition coefficient (Wildman–Crippen LogP) is 3.67. The van der Waals surface area contributed by atoms with Crippen LogP contribution in [0.2, 0.25) is 5.02 Å². The standard InChI is InChI=1S/C17H22ClN3/c18-15-7-6-14(17-13(15)5-2-9-21-17)16(11-19)20-10-8-12-3-1-4-12/h2,5-7,9,12,16,20H,1,3-4,8,10-11,19H2. The molecule has 112 valence electrons. The summed E-state index contributed by atoms with van der Waals surface area (Å²) in [5, 5.41) is 5.33. The Hall–Kier alpha value is -1.16. The highest BCUT2D eigenvalue weighted by Crippen LogP contribution is 2.30. The number of hydrogen-bond acceptors (Lipinski definition) is 3. The number of nitrogens with one attached hydrogen (secondary N) is 1. The Kier molecular flexibility index (Phi) is 4.73. The van der Waals surface area contributed by atoms with Crippen LogP contribution in [0.15, 0.2) is 30.5 Å². The molecule has 1 atom stereocenters. The Bertz CT molecular complexity index is 610. The number of aromatic nitrogens is 1. The maximum atomic E-state index is 6.26. The number of nitrogens with zero attached hydrogens (tertiary/aromatic N) is 1. The summed E-state index contributed by atoms with van der Waals surface area (Å²) >= 11 is 6.26. The molecule has 0 radical (unpaired) electrons. The molecule has 3 N–H and O–H groups in total. The lowest BCUT2D eigenvalue weighted by Crippen LogP contribution is -2.31. The normalized spacial score (nSPS) is 16.9. The van der Waals surface area contributed by atoms with Crippen LogP contribution in [-0.4, -0.2) is 18.1 Å². The van der Waals surface area contributed by atoms with Crippen molar-refractivity contribution in [2.75, 3.05) is 13.1 Å². The molecular weight excluding hydrogens is 282 g/mol. The van der Waals surface area contributed by atoms with Gasteiger partial charge in [0.2, 0.25) is 0 Å². The minimum absolute atomic E-state index is 0.139. The van der Waals surface area contributed by atoms with Gasteiger partial charge in [0.25, 0.3) is 0 Å². The average molecular weight is 304 g/mol. The van der Waals surface area contributed by atoms with E-state index in [-0.39, 0.29) is 6.04 Å². The van der Waals surface area contributed by atoms with Gasteiger partial charge >= 0.3 is 0 Å². The van der Waals surface area contributed by atoms with Crippen LogP contribution in [0.4, 0.5) is 0 Å². The monoisotopic (exact) mass is 303 g/mol. The van der Waals surface area contributed by atoms with E-state index in [0.717, 1.165) is 34.0 Å². The van der Waals surface area contributed by atoms with Crippen molar-refractivity contribution in [3.63, 3.8) is 0 Å². The topological polar surface area (TPSA) is 50.9 Å². The van der Waals surface area contributed by atoms with Crippen molar-refractivity contribution in [3.05, 3.63) is 41.0 Å². The molecule has 1 fully saturated rings. The fourth-order valence-electron chi connectivity index (χ4n) is 3.00. The third-order valence-electron chi connectivity index (χ3n) is 4.53. The molecule has 3 rings (SSSR count). The van der Waals surface area contributed by atoms with Gasteiger partial charge in [-0.05, 0) is 42.6 Å². The minimum atomic E-state index is 0.139. The third-order valence-corrected chi connectivity index (χ3v) is 4.86. The molecule has 2 aromatic rings. The summed E-state index contributed by atoms with van der Waals surface area (Å²) in [6, 6.07) is 8.05. The van der Waals surface area contributed by atoms with Gasteiger partial charge in [0.05, 0.1) is 5.52 Å². The van der Waals surface area contributed by atoms with E-state index >= 15 is 0 Å². The van der Waals surface area contributed by atoms with Gasteiger partial charge in [-0.3, -0.25) is 4.98 Å². The van der Waals surface area contributed by atoms with Gasteiger partial charge in [0, 0.05) is 29.2 Å². The first kappa shape index (κ1) is 14.8. The first-order valence-electron chi connectivity index (χ1n) is 7.76. The van der Waals surface area contributed by atoms with Gasteiger partial charge in [-0.15, -0.1) is 0 Å². The van der Waals surface area contributed by atoms with Crippen LogP contribution >= 0.6 is 11.6 Å². The van der Waals surface area contributed by atoms with E-state index in [2.05, 4.69) is 10.3 Å². The van der Waals surface area contributed by atoms with Gasteiger partial charge in [0.1, 0.15) is 0 Å². The number of halogens is 1. The third kappa shape index (κ3) is 3.20.